The number of piperidine rings is 1. The summed E-state index contributed by atoms with van der Waals surface area (Å²) >= 11 is 0. The van der Waals surface area contributed by atoms with E-state index < -0.39 is 11.8 Å². The van der Waals surface area contributed by atoms with Crippen molar-refractivity contribution in [2.75, 3.05) is 36.1 Å². The number of likely N-dealkylation sites (tertiary alicyclic amines) is 1. The predicted molar refractivity (Wildman–Crippen MR) is 187 cm³/mol. The van der Waals surface area contributed by atoms with E-state index in [4.69, 9.17) is 9.47 Å². The van der Waals surface area contributed by atoms with E-state index >= 15 is 0 Å². The zero-order chi connectivity index (χ0) is 34.4. The van der Waals surface area contributed by atoms with E-state index in [9.17, 15) is 19.5 Å². The zero-order valence-corrected chi connectivity index (χ0v) is 27.9. The number of imide groups is 1. The van der Waals surface area contributed by atoms with Crippen molar-refractivity contribution in [1.82, 2.24) is 10.2 Å². The van der Waals surface area contributed by atoms with Crippen LogP contribution in [0.4, 0.5) is 11.4 Å². The highest BCUT2D eigenvalue weighted by Gasteiger charge is 2.51. The summed E-state index contributed by atoms with van der Waals surface area (Å²) in [6.45, 7) is 4.71. The van der Waals surface area contributed by atoms with Crippen LogP contribution in [0.1, 0.15) is 69.6 Å². The number of rotatable bonds is 7. The summed E-state index contributed by atoms with van der Waals surface area (Å²) in [5.41, 5.74) is 4.19. The second-order valence-corrected chi connectivity index (χ2v) is 13.7. The molecule has 0 saturated carbocycles. The maximum Gasteiger partial charge on any atom is 0.266 e. The van der Waals surface area contributed by atoms with E-state index in [0.717, 1.165) is 29.9 Å². The molecule has 0 radical (unpaired) electrons. The van der Waals surface area contributed by atoms with Crippen LogP contribution in [0.5, 0.6) is 0 Å². The molecule has 256 valence electrons. The van der Waals surface area contributed by atoms with Crippen LogP contribution in [0.3, 0.4) is 0 Å². The summed E-state index contributed by atoms with van der Waals surface area (Å²) in [5.74, 6) is -0.657. The molecular formula is C40H40N4O6. The van der Waals surface area contributed by atoms with Crippen molar-refractivity contribution in [2.45, 2.75) is 50.4 Å². The number of aliphatic hydroxyl groups excluding tert-OH is 1. The molecule has 0 aromatic heterocycles. The number of fused-ring (bicyclic) bond motifs is 1. The van der Waals surface area contributed by atoms with Gasteiger partial charge in [0.1, 0.15) is 5.54 Å². The van der Waals surface area contributed by atoms with E-state index in [1.165, 1.54) is 4.90 Å². The largest absolute Gasteiger partial charge is 0.392 e. The van der Waals surface area contributed by atoms with Crippen LogP contribution in [0.2, 0.25) is 0 Å². The number of ether oxygens (including phenoxy) is 2. The van der Waals surface area contributed by atoms with Crippen molar-refractivity contribution in [2.24, 2.45) is 5.92 Å². The summed E-state index contributed by atoms with van der Waals surface area (Å²) < 4.78 is 13.5. The zero-order valence-electron chi connectivity index (χ0n) is 27.9. The first kappa shape index (κ1) is 32.3. The average molecular weight is 673 g/mol. The fraction of sp³-hybridized carbons (Fsp3) is 0.325. The Morgan fingerprint density at radius 3 is 2.12 bits per heavy atom. The van der Waals surface area contributed by atoms with Crippen LogP contribution in [-0.2, 0) is 20.9 Å². The number of hydrogen-bond acceptors (Lipinski definition) is 8. The number of benzene rings is 4. The van der Waals surface area contributed by atoms with Gasteiger partial charge in [-0.1, -0.05) is 73.7 Å². The standard InChI is InChI=1S/C40H40N4O6/c1-26-34(23-42-20-18-40(19-21-42)39(48)41-25-43(40)30-9-3-2-4-10-30)49-38(50-35(26)28-16-14-27(24-45)15-17-28)29-8-7-11-31(22-29)44-36(46)32-12-5-6-13-33(32)37(44)47/h2-17,22,26,34-35,38,45H,18-21,23-25H2,1H3,(H,41,48)/t26-,34+,35+,38+/m0/s1. The van der Waals surface area contributed by atoms with E-state index in [1.54, 1.807) is 36.4 Å². The second kappa shape index (κ2) is 13.1. The van der Waals surface area contributed by atoms with Crippen LogP contribution in [0, 0.1) is 5.92 Å². The van der Waals surface area contributed by atoms with Gasteiger partial charge in [0.25, 0.3) is 11.8 Å². The number of nitrogens with one attached hydrogen (secondary N) is 1. The quantitative estimate of drug-likeness (QED) is 0.258. The molecular weight excluding hydrogens is 632 g/mol. The van der Waals surface area contributed by atoms with Crippen LogP contribution in [0.15, 0.2) is 103 Å². The predicted octanol–water partition coefficient (Wildman–Crippen LogP) is 5.20. The SMILES string of the molecule is C[C@H]1[C@@H](CN2CCC3(CC2)C(=O)NCN3c2ccccc2)O[C@@H](c2cccc(N3C(=O)c4ccccc4C3=O)c2)O[C@H]1c1ccc(CO)cc1. The molecule has 0 unspecified atom stereocenters. The summed E-state index contributed by atoms with van der Waals surface area (Å²) in [6, 6.07) is 32.0. The van der Waals surface area contributed by atoms with E-state index in [0.29, 0.717) is 48.4 Å². The third-order valence-corrected chi connectivity index (χ3v) is 10.8. The molecule has 10 heteroatoms. The van der Waals surface area contributed by atoms with Crippen LogP contribution >= 0.6 is 0 Å². The molecule has 0 aliphatic carbocycles. The second-order valence-electron chi connectivity index (χ2n) is 13.7. The highest BCUT2D eigenvalue weighted by atomic mass is 16.7. The molecule has 1 spiro atoms. The van der Waals surface area contributed by atoms with Gasteiger partial charge >= 0.3 is 0 Å². The summed E-state index contributed by atoms with van der Waals surface area (Å²) in [4.78, 5) is 45.7. The van der Waals surface area contributed by atoms with Gasteiger partial charge in [-0.05, 0) is 60.4 Å². The number of aliphatic hydroxyl groups is 1. The highest BCUT2D eigenvalue weighted by molar-refractivity contribution is 6.34. The summed E-state index contributed by atoms with van der Waals surface area (Å²) in [7, 11) is 0. The van der Waals surface area contributed by atoms with Crippen molar-refractivity contribution in [1.29, 1.82) is 0 Å². The fourth-order valence-corrected chi connectivity index (χ4v) is 7.95. The molecule has 3 saturated heterocycles. The van der Waals surface area contributed by atoms with Crippen molar-refractivity contribution in [3.63, 3.8) is 0 Å². The molecule has 3 amide bonds. The number of carbonyl (C=O) groups is 3. The highest BCUT2D eigenvalue weighted by Crippen LogP contribution is 2.44. The Labute approximate surface area is 291 Å². The minimum atomic E-state index is -0.765. The number of carbonyl (C=O) groups excluding carboxylic acids is 3. The Kier molecular flexibility index (Phi) is 8.48. The molecule has 3 fully saturated rings. The molecule has 4 aromatic rings. The van der Waals surface area contributed by atoms with Gasteiger partial charge in [-0.2, -0.15) is 0 Å². The van der Waals surface area contributed by atoms with Crippen molar-refractivity contribution >= 4 is 29.1 Å². The third-order valence-electron chi connectivity index (χ3n) is 10.8. The Hall–Kier alpha value is -4.87. The molecule has 10 nitrogen and oxygen atoms in total. The van der Waals surface area contributed by atoms with Crippen molar-refractivity contribution in [3.05, 3.63) is 131 Å². The van der Waals surface area contributed by atoms with Gasteiger partial charge in [-0.15, -0.1) is 0 Å². The van der Waals surface area contributed by atoms with E-state index in [-0.39, 0.29) is 42.5 Å². The van der Waals surface area contributed by atoms with E-state index in [1.807, 2.05) is 54.6 Å². The number of nitrogens with zero attached hydrogens (tertiary/aromatic N) is 3. The van der Waals surface area contributed by atoms with Crippen LogP contribution in [0.25, 0.3) is 0 Å². The number of anilines is 2. The monoisotopic (exact) mass is 672 g/mol. The Balaban J connectivity index is 1.04. The summed E-state index contributed by atoms with van der Waals surface area (Å²) in [5, 5.41) is 12.7. The molecule has 4 aromatic carbocycles. The Morgan fingerprint density at radius 1 is 0.780 bits per heavy atom. The van der Waals surface area contributed by atoms with Gasteiger partial charge in [0.2, 0.25) is 5.91 Å². The van der Waals surface area contributed by atoms with Gasteiger partial charge in [-0.25, -0.2) is 4.90 Å². The third kappa shape index (κ3) is 5.58. The fourth-order valence-electron chi connectivity index (χ4n) is 7.95. The van der Waals surface area contributed by atoms with Gasteiger partial charge < -0.3 is 29.7 Å². The first-order valence-corrected chi connectivity index (χ1v) is 17.3. The van der Waals surface area contributed by atoms with Gasteiger partial charge in [-0.3, -0.25) is 14.4 Å². The normalized spacial score (nSPS) is 24.9. The lowest BCUT2D eigenvalue weighted by Crippen LogP contribution is -2.57. The number of amides is 3. The van der Waals surface area contributed by atoms with Gasteiger partial charge in [0.05, 0.1) is 42.3 Å². The molecule has 50 heavy (non-hydrogen) atoms. The van der Waals surface area contributed by atoms with Gasteiger partial charge in [0, 0.05) is 36.8 Å². The lowest BCUT2D eigenvalue weighted by molar-refractivity contribution is -0.276. The molecule has 2 N–H and O–H groups in total. The van der Waals surface area contributed by atoms with Crippen molar-refractivity contribution < 1.29 is 29.0 Å². The van der Waals surface area contributed by atoms with Gasteiger partial charge in [0.15, 0.2) is 6.29 Å². The number of para-hydroxylation sites is 1. The lowest BCUT2D eigenvalue weighted by atomic mass is 9.84. The molecule has 4 aliphatic rings. The Morgan fingerprint density at radius 2 is 1.44 bits per heavy atom. The minimum Gasteiger partial charge on any atom is -0.392 e. The summed E-state index contributed by atoms with van der Waals surface area (Å²) in [6.07, 6.45) is 0.0848. The topological polar surface area (TPSA) is 112 Å². The lowest BCUT2D eigenvalue weighted by Gasteiger charge is -2.46. The van der Waals surface area contributed by atoms with Crippen LogP contribution < -0.4 is 15.1 Å². The smallest absolute Gasteiger partial charge is 0.266 e. The van der Waals surface area contributed by atoms with E-state index in [2.05, 4.69) is 34.2 Å². The average Bonchev–Trinajstić information content (AvgIpc) is 3.61. The molecule has 8 rings (SSSR count). The molecule has 4 aliphatic heterocycles. The minimum absolute atomic E-state index is 0.0304. The molecule has 4 heterocycles. The first-order chi connectivity index (χ1) is 24.4. The number of hydrogen-bond donors (Lipinski definition) is 2. The Bertz CT molecular complexity index is 1870. The molecule has 4 atom stereocenters. The maximum atomic E-state index is 13.3. The van der Waals surface area contributed by atoms with Crippen LogP contribution in [-0.4, -0.2) is 65.7 Å². The first-order valence-electron chi connectivity index (χ1n) is 17.3. The maximum absolute atomic E-state index is 13.3. The molecule has 0 bridgehead atoms. The van der Waals surface area contributed by atoms with Crippen molar-refractivity contribution in [3.8, 4) is 0 Å².